The predicted molar refractivity (Wildman–Crippen MR) is 99.4 cm³/mol. The van der Waals surface area contributed by atoms with Gasteiger partial charge in [-0.25, -0.2) is 8.42 Å². The van der Waals surface area contributed by atoms with E-state index >= 15 is 0 Å². The molecular formula is C15H25ClN4O4S. The largest absolute Gasteiger partial charge is 0.355 e. The summed E-state index contributed by atoms with van der Waals surface area (Å²) in [5, 5.41) is 8.19. The van der Waals surface area contributed by atoms with E-state index in [1.807, 2.05) is 7.05 Å². The topological polar surface area (TPSA) is 108 Å². The molecule has 0 atom stereocenters. The fourth-order valence-electron chi connectivity index (χ4n) is 1.93. The molecule has 0 unspecified atom stereocenters. The molecule has 25 heavy (non-hydrogen) atoms. The zero-order valence-electron chi connectivity index (χ0n) is 14.5. The molecule has 0 heterocycles. The third-order valence-corrected chi connectivity index (χ3v) is 4.99. The Hall–Kier alpha value is -1.68. The molecule has 10 heteroatoms. The van der Waals surface area contributed by atoms with Crippen LogP contribution in [-0.4, -0.2) is 58.3 Å². The summed E-state index contributed by atoms with van der Waals surface area (Å²) in [6.45, 7) is 2.37. The van der Waals surface area contributed by atoms with Crippen LogP contribution in [0.1, 0.15) is 13.3 Å². The number of benzene rings is 1. The van der Waals surface area contributed by atoms with Crippen molar-refractivity contribution in [1.82, 2.24) is 14.9 Å². The van der Waals surface area contributed by atoms with Gasteiger partial charge < -0.3 is 16.0 Å². The zero-order valence-corrected chi connectivity index (χ0v) is 16.2. The van der Waals surface area contributed by atoms with Crippen LogP contribution in [0, 0.1) is 0 Å². The molecule has 2 amide bonds. The van der Waals surface area contributed by atoms with E-state index in [-0.39, 0.29) is 35.7 Å². The van der Waals surface area contributed by atoms with Gasteiger partial charge in [-0.2, -0.15) is 4.31 Å². The molecule has 0 aliphatic rings. The van der Waals surface area contributed by atoms with E-state index in [2.05, 4.69) is 16.0 Å². The average molecular weight is 393 g/mol. The van der Waals surface area contributed by atoms with Gasteiger partial charge in [0.1, 0.15) is 0 Å². The fraction of sp³-hybridized carbons (Fsp3) is 0.467. The number of hydrogen-bond donors (Lipinski definition) is 3. The number of rotatable bonds is 9. The molecule has 0 saturated carbocycles. The molecule has 0 saturated heterocycles. The van der Waals surface area contributed by atoms with Gasteiger partial charge in [0.05, 0.1) is 11.4 Å². The predicted octanol–water partition coefficient (Wildman–Crippen LogP) is 0.413. The van der Waals surface area contributed by atoms with Gasteiger partial charge in [-0.05, 0) is 44.3 Å². The van der Waals surface area contributed by atoms with Crippen molar-refractivity contribution in [2.75, 3.05) is 39.0 Å². The van der Waals surface area contributed by atoms with Crippen LogP contribution in [0.15, 0.2) is 29.2 Å². The summed E-state index contributed by atoms with van der Waals surface area (Å²) in [6, 6.07) is 5.78. The summed E-state index contributed by atoms with van der Waals surface area (Å²) in [4.78, 5) is 22.8. The van der Waals surface area contributed by atoms with Crippen molar-refractivity contribution >= 4 is 39.9 Å². The normalized spacial score (nSPS) is 10.9. The molecule has 0 aromatic heterocycles. The van der Waals surface area contributed by atoms with Gasteiger partial charge in [0.25, 0.3) is 0 Å². The molecule has 3 N–H and O–H groups in total. The third-order valence-electron chi connectivity index (χ3n) is 3.17. The van der Waals surface area contributed by atoms with Gasteiger partial charge >= 0.3 is 0 Å². The Morgan fingerprint density at radius 1 is 1.12 bits per heavy atom. The molecule has 0 aliphatic heterocycles. The van der Waals surface area contributed by atoms with E-state index in [4.69, 9.17) is 0 Å². The first-order chi connectivity index (χ1) is 11.3. The van der Waals surface area contributed by atoms with Crippen LogP contribution in [0.2, 0.25) is 0 Å². The van der Waals surface area contributed by atoms with Gasteiger partial charge in [-0.15, -0.1) is 12.4 Å². The van der Waals surface area contributed by atoms with Crippen molar-refractivity contribution in [2.45, 2.75) is 18.2 Å². The molecule has 1 rings (SSSR count). The maximum Gasteiger partial charge on any atom is 0.243 e. The minimum absolute atomic E-state index is 0. The second-order valence-electron chi connectivity index (χ2n) is 5.27. The van der Waals surface area contributed by atoms with Gasteiger partial charge in [-0.3, -0.25) is 9.59 Å². The Bertz CT molecular complexity index is 665. The number of sulfonamides is 1. The van der Waals surface area contributed by atoms with E-state index in [9.17, 15) is 18.0 Å². The average Bonchev–Trinajstić information content (AvgIpc) is 2.51. The second-order valence-corrected chi connectivity index (χ2v) is 7.32. The number of carbonyl (C=O) groups excluding carboxylic acids is 2. The van der Waals surface area contributed by atoms with Crippen LogP contribution in [-0.2, 0) is 19.6 Å². The first kappa shape index (κ1) is 23.3. The first-order valence-corrected chi connectivity index (χ1v) is 8.96. The smallest absolute Gasteiger partial charge is 0.243 e. The van der Waals surface area contributed by atoms with E-state index < -0.39 is 10.0 Å². The number of amides is 2. The molecule has 1 aromatic carbocycles. The molecular weight excluding hydrogens is 368 g/mol. The van der Waals surface area contributed by atoms with Crippen LogP contribution in [0.25, 0.3) is 0 Å². The van der Waals surface area contributed by atoms with Crippen LogP contribution >= 0.6 is 12.4 Å². The Kier molecular flexibility index (Phi) is 10.3. The van der Waals surface area contributed by atoms with Gasteiger partial charge in [0.15, 0.2) is 0 Å². The molecule has 0 radical (unpaired) electrons. The van der Waals surface area contributed by atoms with Gasteiger partial charge in [0, 0.05) is 26.2 Å². The molecule has 142 valence electrons. The standard InChI is InChI=1S/C15H24N4O4S.ClH/c1-12(20)18-13-5-7-14(8-6-13)24(22,23)19(3)11-15(21)17-10-4-9-16-2;/h5-8,16H,4,9-11H2,1-3H3,(H,17,21)(H,18,20);1H. The third kappa shape index (κ3) is 7.82. The van der Waals surface area contributed by atoms with Crippen LogP contribution in [0.3, 0.4) is 0 Å². The summed E-state index contributed by atoms with van der Waals surface area (Å²) in [7, 11) is -0.597. The number of nitrogens with zero attached hydrogens (tertiary/aromatic N) is 1. The van der Waals surface area contributed by atoms with Crippen molar-refractivity contribution in [3.05, 3.63) is 24.3 Å². The Balaban J connectivity index is 0.00000576. The minimum Gasteiger partial charge on any atom is -0.355 e. The number of likely N-dealkylation sites (N-methyl/N-ethyl adjacent to an activating group) is 1. The van der Waals surface area contributed by atoms with Crippen molar-refractivity contribution in [3.8, 4) is 0 Å². The minimum atomic E-state index is -3.77. The van der Waals surface area contributed by atoms with E-state index in [0.717, 1.165) is 17.3 Å². The lowest BCUT2D eigenvalue weighted by atomic mass is 10.3. The van der Waals surface area contributed by atoms with Crippen LogP contribution < -0.4 is 16.0 Å². The number of hydrogen-bond acceptors (Lipinski definition) is 5. The molecule has 8 nitrogen and oxygen atoms in total. The summed E-state index contributed by atoms with van der Waals surface area (Å²) in [5.41, 5.74) is 0.506. The number of halogens is 1. The highest BCUT2D eigenvalue weighted by Crippen LogP contribution is 2.17. The summed E-state index contributed by atoms with van der Waals surface area (Å²) in [6.07, 6.45) is 0.767. The Morgan fingerprint density at radius 3 is 2.24 bits per heavy atom. The van der Waals surface area contributed by atoms with Crippen molar-refractivity contribution < 1.29 is 18.0 Å². The van der Waals surface area contributed by atoms with Crippen LogP contribution in [0.4, 0.5) is 5.69 Å². The van der Waals surface area contributed by atoms with Crippen molar-refractivity contribution in [1.29, 1.82) is 0 Å². The lowest BCUT2D eigenvalue weighted by molar-refractivity contribution is -0.121. The van der Waals surface area contributed by atoms with Crippen molar-refractivity contribution in [3.63, 3.8) is 0 Å². The van der Waals surface area contributed by atoms with Crippen molar-refractivity contribution in [2.24, 2.45) is 0 Å². The molecule has 0 bridgehead atoms. The summed E-state index contributed by atoms with van der Waals surface area (Å²) < 4.78 is 25.8. The lowest BCUT2D eigenvalue weighted by Crippen LogP contribution is -2.39. The SMILES string of the molecule is CNCCCNC(=O)CN(C)S(=O)(=O)c1ccc(NC(C)=O)cc1.Cl. The highest BCUT2D eigenvalue weighted by molar-refractivity contribution is 7.89. The highest BCUT2D eigenvalue weighted by Gasteiger charge is 2.22. The maximum atomic E-state index is 12.4. The second kappa shape index (κ2) is 11.0. The molecule has 1 aromatic rings. The number of nitrogens with one attached hydrogen (secondary N) is 3. The first-order valence-electron chi connectivity index (χ1n) is 7.52. The quantitative estimate of drug-likeness (QED) is 0.528. The highest BCUT2D eigenvalue weighted by atomic mass is 35.5. The fourth-order valence-corrected chi connectivity index (χ4v) is 3.06. The van der Waals surface area contributed by atoms with E-state index in [1.54, 1.807) is 0 Å². The molecule has 0 fully saturated rings. The summed E-state index contributed by atoms with van der Waals surface area (Å²) >= 11 is 0. The van der Waals surface area contributed by atoms with E-state index in [1.165, 1.54) is 38.2 Å². The number of carbonyl (C=O) groups is 2. The lowest BCUT2D eigenvalue weighted by Gasteiger charge is -2.17. The monoisotopic (exact) mass is 392 g/mol. The maximum absolute atomic E-state index is 12.4. The zero-order chi connectivity index (χ0) is 18.2. The Morgan fingerprint density at radius 2 is 1.72 bits per heavy atom. The van der Waals surface area contributed by atoms with Crippen LogP contribution in [0.5, 0.6) is 0 Å². The van der Waals surface area contributed by atoms with Gasteiger partial charge in [0.2, 0.25) is 21.8 Å². The number of anilines is 1. The molecule has 0 spiro atoms. The van der Waals surface area contributed by atoms with Gasteiger partial charge in [-0.1, -0.05) is 0 Å². The molecule has 0 aliphatic carbocycles. The Labute approximate surface area is 154 Å². The van der Waals surface area contributed by atoms with E-state index in [0.29, 0.717) is 12.2 Å². The summed E-state index contributed by atoms with van der Waals surface area (Å²) in [5.74, 6) is -0.593.